The Morgan fingerprint density at radius 2 is 2.20 bits per heavy atom. The molecule has 0 saturated carbocycles. The SMILES string of the molecule is OC[C@@H]1[C@@H]2C=CC[C@H]1C=C2. The molecule has 3 atom stereocenters. The zero-order chi connectivity index (χ0) is 6.97. The van der Waals surface area contributed by atoms with E-state index in [9.17, 15) is 0 Å². The number of fused-ring (bicyclic) bond motifs is 2. The summed E-state index contributed by atoms with van der Waals surface area (Å²) in [7, 11) is 0. The average molecular weight is 136 g/mol. The second-order valence-electron chi connectivity index (χ2n) is 3.14. The minimum atomic E-state index is 0.340. The number of allylic oxidation sites excluding steroid dienone is 4. The molecule has 0 saturated heterocycles. The van der Waals surface area contributed by atoms with Crippen molar-refractivity contribution in [3.63, 3.8) is 0 Å². The van der Waals surface area contributed by atoms with Crippen molar-refractivity contribution in [2.75, 3.05) is 6.61 Å². The van der Waals surface area contributed by atoms with Crippen molar-refractivity contribution in [1.82, 2.24) is 0 Å². The zero-order valence-electron chi connectivity index (χ0n) is 5.90. The number of aliphatic hydroxyl groups is 1. The second kappa shape index (κ2) is 2.24. The lowest BCUT2D eigenvalue weighted by molar-refractivity contribution is 0.179. The second-order valence-corrected chi connectivity index (χ2v) is 3.14. The molecule has 2 bridgehead atoms. The van der Waals surface area contributed by atoms with E-state index in [4.69, 9.17) is 5.11 Å². The molecule has 2 aliphatic carbocycles. The van der Waals surface area contributed by atoms with Gasteiger partial charge >= 0.3 is 0 Å². The van der Waals surface area contributed by atoms with Crippen LogP contribution in [0.4, 0.5) is 0 Å². The van der Waals surface area contributed by atoms with Gasteiger partial charge in [0.25, 0.3) is 0 Å². The van der Waals surface area contributed by atoms with Crippen LogP contribution in [0.15, 0.2) is 24.3 Å². The Morgan fingerprint density at radius 3 is 2.80 bits per heavy atom. The molecule has 1 nitrogen and oxygen atoms in total. The Balaban J connectivity index is 2.21. The molecule has 0 unspecified atom stereocenters. The summed E-state index contributed by atoms with van der Waals surface area (Å²) >= 11 is 0. The summed E-state index contributed by atoms with van der Waals surface area (Å²) < 4.78 is 0. The Morgan fingerprint density at radius 1 is 1.30 bits per heavy atom. The van der Waals surface area contributed by atoms with E-state index in [1.807, 2.05) is 0 Å². The van der Waals surface area contributed by atoms with E-state index in [1.165, 1.54) is 0 Å². The number of aliphatic hydroxyl groups excluding tert-OH is 1. The van der Waals surface area contributed by atoms with Gasteiger partial charge in [-0.1, -0.05) is 24.3 Å². The quantitative estimate of drug-likeness (QED) is 0.539. The molecule has 0 fully saturated rings. The molecule has 10 heavy (non-hydrogen) atoms. The van der Waals surface area contributed by atoms with Crippen molar-refractivity contribution < 1.29 is 5.11 Å². The summed E-state index contributed by atoms with van der Waals surface area (Å²) in [6.07, 6.45) is 10.0. The van der Waals surface area contributed by atoms with Gasteiger partial charge in [0.2, 0.25) is 0 Å². The third-order valence-corrected chi connectivity index (χ3v) is 2.60. The zero-order valence-corrected chi connectivity index (χ0v) is 5.90. The van der Waals surface area contributed by atoms with Crippen LogP contribution in [0.25, 0.3) is 0 Å². The number of rotatable bonds is 1. The molecular formula is C9H12O. The van der Waals surface area contributed by atoms with Crippen LogP contribution in [0.5, 0.6) is 0 Å². The van der Waals surface area contributed by atoms with Gasteiger partial charge < -0.3 is 5.11 Å². The highest BCUT2D eigenvalue weighted by molar-refractivity contribution is 5.18. The Hall–Kier alpha value is -0.560. The fourth-order valence-electron chi connectivity index (χ4n) is 1.95. The first-order chi connectivity index (χ1) is 4.92. The molecule has 0 spiro atoms. The minimum Gasteiger partial charge on any atom is -0.396 e. The summed E-state index contributed by atoms with van der Waals surface area (Å²) in [5.74, 6) is 1.65. The van der Waals surface area contributed by atoms with Crippen LogP contribution in [-0.2, 0) is 0 Å². The lowest BCUT2D eigenvalue weighted by Crippen LogP contribution is -2.21. The Kier molecular flexibility index (Phi) is 1.38. The third kappa shape index (κ3) is 0.739. The highest BCUT2D eigenvalue weighted by Crippen LogP contribution is 2.37. The standard InChI is InChI=1S/C9H12O/c10-6-9-7-2-1-3-8(9)5-4-7/h1-2,4-5,7-10H,3,6H2/t7-,8+,9-/m1/s1. The van der Waals surface area contributed by atoms with Crippen LogP contribution in [0.1, 0.15) is 6.42 Å². The monoisotopic (exact) mass is 136 g/mol. The first-order valence-corrected chi connectivity index (χ1v) is 3.87. The molecule has 1 N–H and O–H groups in total. The van der Waals surface area contributed by atoms with E-state index < -0.39 is 0 Å². The summed E-state index contributed by atoms with van der Waals surface area (Å²) in [5.41, 5.74) is 0. The van der Waals surface area contributed by atoms with Gasteiger partial charge in [-0.3, -0.25) is 0 Å². The lowest BCUT2D eigenvalue weighted by Gasteiger charge is -2.23. The highest BCUT2D eigenvalue weighted by Gasteiger charge is 2.30. The molecule has 2 rings (SSSR count). The van der Waals surface area contributed by atoms with E-state index in [-0.39, 0.29) is 0 Å². The molecule has 0 aromatic rings. The molecule has 0 heterocycles. The van der Waals surface area contributed by atoms with E-state index in [0.717, 1.165) is 6.42 Å². The first kappa shape index (κ1) is 6.17. The van der Waals surface area contributed by atoms with Crippen LogP contribution < -0.4 is 0 Å². The van der Waals surface area contributed by atoms with Gasteiger partial charge in [0.15, 0.2) is 0 Å². The van der Waals surface area contributed by atoms with Gasteiger partial charge in [0.1, 0.15) is 0 Å². The maximum Gasteiger partial charge on any atom is 0.0473 e. The third-order valence-electron chi connectivity index (χ3n) is 2.60. The van der Waals surface area contributed by atoms with Crippen LogP contribution in [0.3, 0.4) is 0 Å². The van der Waals surface area contributed by atoms with Gasteiger partial charge in [-0.25, -0.2) is 0 Å². The normalized spacial score (nSPS) is 42.7. The lowest BCUT2D eigenvalue weighted by atomic mass is 9.82. The highest BCUT2D eigenvalue weighted by atomic mass is 16.3. The summed E-state index contributed by atoms with van der Waals surface area (Å²) in [6.45, 7) is 0.340. The van der Waals surface area contributed by atoms with Gasteiger partial charge in [-0.05, 0) is 18.3 Å². The molecule has 0 aliphatic heterocycles. The van der Waals surface area contributed by atoms with E-state index in [1.54, 1.807) is 0 Å². The molecule has 0 aromatic carbocycles. The van der Waals surface area contributed by atoms with Crippen LogP contribution >= 0.6 is 0 Å². The summed E-state index contributed by atoms with van der Waals surface area (Å²) in [6, 6.07) is 0. The van der Waals surface area contributed by atoms with Crippen molar-refractivity contribution in [3.8, 4) is 0 Å². The van der Waals surface area contributed by atoms with E-state index >= 15 is 0 Å². The van der Waals surface area contributed by atoms with Gasteiger partial charge in [-0.2, -0.15) is 0 Å². The first-order valence-electron chi connectivity index (χ1n) is 3.87. The fraction of sp³-hybridized carbons (Fsp3) is 0.556. The van der Waals surface area contributed by atoms with Gasteiger partial charge in [0, 0.05) is 12.5 Å². The molecule has 0 aromatic heterocycles. The van der Waals surface area contributed by atoms with E-state index in [0.29, 0.717) is 24.4 Å². The van der Waals surface area contributed by atoms with Crippen molar-refractivity contribution in [1.29, 1.82) is 0 Å². The van der Waals surface area contributed by atoms with Gasteiger partial charge in [0.05, 0.1) is 0 Å². The smallest absolute Gasteiger partial charge is 0.0473 e. The van der Waals surface area contributed by atoms with Crippen molar-refractivity contribution in [3.05, 3.63) is 24.3 Å². The molecule has 54 valence electrons. The molecule has 2 aliphatic rings. The maximum absolute atomic E-state index is 9.00. The number of hydrogen-bond donors (Lipinski definition) is 1. The van der Waals surface area contributed by atoms with Crippen molar-refractivity contribution in [2.45, 2.75) is 6.42 Å². The van der Waals surface area contributed by atoms with Crippen LogP contribution in [0, 0.1) is 17.8 Å². The molecular weight excluding hydrogens is 124 g/mol. The largest absolute Gasteiger partial charge is 0.396 e. The van der Waals surface area contributed by atoms with Crippen LogP contribution in [0.2, 0.25) is 0 Å². The van der Waals surface area contributed by atoms with Gasteiger partial charge in [-0.15, -0.1) is 0 Å². The minimum absolute atomic E-state index is 0.340. The summed E-state index contributed by atoms with van der Waals surface area (Å²) in [5, 5.41) is 9.00. The Labute approximate surface area is 61.1 Å². The number of hydrogen-bond acceptors (Lipinski definition) is 1. The van der Waals surface area contributed by atoms with Crippen molar-refractivity contribution >= 4 is 0 Å². The predicted molar refractivity (Wildman–Crippen MR) is 40.5 cm³/mol. The molecule has 0 amide bonds. The molecule has 0 radical (unpaired) electrons. The topological polar surface area (TPSA) is 20.2 Å². The van der Waals surface area contributed by atoms with Crippen molar-refractivity contribution in [2.24, 2.45) is 17.8 Å². The summed E-state index contributed by atoms with van der Waals surface area (Å²) in [4.78, 5) is 0. The Bertz CT molecular complexity index is 179. The maximum atomic E-state index is 9.00. The predicted octanol–water partition coefficient (Wildman–Crippen LogP) is 1.36. The van der Waals surface area contributed by atoms with E-state index in [2.05, 4.69) is 24.3 Å². The average Bonchev–Trinajstić information content (AvgIpc) is 2.19. The fourth-order valence-corrected chi connectivity index (χ4v) is 1.95. The van der Waals surface area contributed by atoms with Crippen LogP contribution in [-0.4, -0.2) is 11.7 Å². The molecule has 1 heteroatoms.